The van der Waals surface area contributed by atoms with Crippen LogP contribution in [-0.4, -0.2) is 9.55 Å². The molecule has 1 saturated carbocycles. The molecule has 1 fully saturated rings. The van der Waals surface area contributed by atoms with Crippen LogP contribution < -0.4 is 0 Å². The molecule has 0 bridgehead atoms. The highest BCUT2D eigenvalue weighted by Gasteiger charge is 2.32. The fourth-order valence-corrected chi connectivity index (χ4v) is 5.16. The predicted octanol–water partition coefficient (Wildman–Crippen LogP) is 5.12. The van der Waals surface area contributed by atoms with E-state index < -0.39 is 0 Å². The molecule has 106 valence electrons. The second-order valence-corrected chi connectivity index (χ2v) is 7.46. The second-order valence-electron chi connectivity index (χ2n) is 6.51. The molecule has 20 heavy (non-hydrogen) atoms. The summed E-state index contributed by atoms with van der Waals surface area (Å²) in [4.78, 5) is 5.92. The average Bonchev–Trinajstić information content (AvgIpc) is 3.16. The molecule has 2 aromatic rings. The van der Waals surface area contributed by atoms with Gasteiger partial charge in [0.1, 0.15) is 0 Å². The number of hydrogen-bond acceptors (Lipinski definition) is 2. The Labute approximate surface area is 124 Å². The summed E-state index contributed by atoms with van der Waals surface area (Å²) in [5, 5.41) is 2.24. The molecule has 0 amide bonds. The van der Waals surface area contributed by atoms with Gasteiger partial charge < -0.3 is 4.57 Å². The predicted molar refractivity (Wildman–Crippen MR) is 84.0 cm³/mol. The van der Waals surface area contributed by atoms with Crippen LogP contribution in [-0.2, 0) is 0 Å². The van der Waals surface area contributed by atoms with Crippen molar-refractivity contribution in [1.29, 1.82) is 0 Å². The van der Waals surface area contributed by atoms with Crippen LogP contribution >= 0.6 is 11.3 Å². The van der Waals surface area contributed by atoms with Crippen LogP contribution in [0.15, 0.2) is 24.0 Å². The molecule has 2 atom stereocenters. The molecule has 0 spiro atoms. The first kappa shape index (κ1) is 12.6. The molecule has 3 heterocycles. The third kappa shape index (κ3) is 1.95. The quantitative estimate of drug-likeness (QED) is 0.765. The van der Waals surface area contributed by atoms with Crippen LogP contribution in [0.5, 0.6) is 0 Å². The molecule has 0 saturated heterocycles. The smallest absolute Gasteiger partial charge is 0.0957 e. The Bertz CT molecular complexity index is 551. The van der Waals surface area contributed by atoms with Crippen LogP contribution in [0, 0.1) is 11.8 Å². The first-order valence-corrected chi connectivity index (χ1v) is 8.82. The van der Waals surface area contributed by atoms with E-state index >= 15 is 0 Å². The van der Waals surface area contributed by atoms with E-state index in [9.17, 15) is 0 Å². The van der Waals surface area contributed by atoms with E-state index in [1.54, 1.807) is 4.88 Å². The van der Waals surface area contributed by atoms with Crippen molar-refractivity contribution in [3.05, 3.63) is 28.8 Å². The van der Waals surface area contributed by atoms with Crippen molar-refractivity contribution >= 4 is 11.3 Å². The molecule has 2 nitrogen and oxygen atoms in total. The van der Waals surface area contributed by atoms with Gasteiger partial charge in [-0.1, -0.05) is 39.0 Å². The minimum atomic E-state index is 0.541. The van der Waals surface area contributed by atoms with E-state index in [-0.39, 0.29) is 0 Å². The topological polar surface area (TPSA) is 17.8 Å². The lowest BCUT2D eigenvalue weighted by molar-refractivity contribution is 0.237. The minimum absolute atomic E-state index is 0.541. The van der Waals surface area contributed by atoms with E-state index in [2.05, 4.69) is 27.9 Å². The molecule has 0 radical (unpaired) electrons. The summed E-state index contributed by atoms with van der Waals surface area (Å²) < 4.78 is 2.40. The van der Waals surface area contributed by atoms with Crippen molar-refractivity contribution in [2.75, 3.05) is 0 Å². The number of imidazole rings is 1. The Balaban J connectivity index is 1.57. The van der Waals surface area contributed by atoms with Crippen LogP contribution in [0.1, 0.15) is 56.4 Å². The van der Waals surface area contributed by atoms with E-state index in [0.29, 0.717) is 6.04 Å². The fourth-order valence-electron chi connectivity index (χ4n) is 4.15. The highest BCUT2D eigenvalue weighted by atomic mass is 32.1. The zero-order valence-electron chi connectivity index (χ0n) is 12.1. The van der Waals surface area contributed by atoms with Gasteiger partial charge in [-0.15, -0.1) is 11.3 Å². The number of thiophene rings is 1. The lowest BCUT2D eigenvalue weighted by Crippen LogP contribution is -2.19. The van der Waals surface area contributed by atoms with Gasteiger partial charge in [-0.2, -0.15) is 0 Å². The monoisotopic (exact) mass is 286 g/mol. The highest BCUT2D eigenvalue weighted by Crippen LogP contribution is 2.46. The maximum absolute atomic E-state index is 4.36. The first-order valence-electron chi connectivity index (χ1n) is 7.94. The lowest BCUT2D eigenvalue weighted by Gasteiger charge is -2.29. The van der Waals surface area contributed by atoms with Gasteiger partial charge in [-0.3, -0.25) is 0 Å². The number of fused-ring (bicyclic) bond motifs is 3. The molecular formula is C17H22N2S. The third-order valence-corrected chi connectivity index (χ3v) is 6.34. The van der Waals surface area contributed by atoms with Gasteiger partial charge in [0.25, 0.3) is 0 Å². The molecule has 3 heteroatoms. The van der Waals surface area contributed by atoms with Gasteiger partial charge in [0.2, 0.25) is 0 Å². The highest BCUT2D eigenvalue weighted by molar-refractivity contribution is 7.10. The molecule has 1 aliphatic carbocycles. The van der Waals surface area contributed by atoms with Crippen molar-refractivity contribution in [1.82, 2.24) is 9.55 Å². The van der Waals surface area contributed by atoms with Crippen LogP contribution in [0.3, 0.4) is 0 Å². The van der Waals surface area contributed by atoms with Gasteiger partial charge in [0.05, 0.1) is 24.3 Å². The minimum Gasteiger partial charge on any atom is -0.322 e. The largest absolute Gasteiger partial charge is 0.322 e. The first-order chi connectivity index (χ1) is 9.84. The number of aromatic nitrogens is 2. The fraction of sp³-hybridized carbons (Fsp3) is 0.588. The van der Waals surface area contributed by atoms with Crippen molar-refractivity contribution in [2.45, 2.75) is 51.5 Å². The Morgan fingerprint density at radius 1 is 1.35 bits per heavy atom. The summed E-state index contributed by atoms with van der Waals surface area (Å²) in [6.07, 6.45) is 12.6. The van der Waals surface area contributed by atoms with Crippen molar-refractivity contribution in [3.8, 4) is 11.3 Å². The van der Waals surface area contributed by atoms with Crippen LogP contribution in [0.25, 0.3) is 11.3 Å². The van der Waals surface area contributed by atoms with E-state index in [1.165, 1.54) is 49.8 Å². The van der Waals surface area contributed by atoms with Crippen molar-refractivity contribution in [2.24, 2.45) is 11.8 Å². The Morgan fingerprint density at radius 2 is 2.20 bits per heavy atom. The molecule has 0 N–H and O–H groups in total. The van der Waals surface area contributed by atoms with E-state index in [4.69, 9.17) is 0 Å². The van der Waals surface area contributed by atoms with Crippen molar-refractivity contribution < 1.29 is 0 Å². The Morgan fingerprint density at radius 3 is 3.05 bits per heavy atom. The zero-order chi connectivity index (χ0) is 13.5. The SMILES string of the molecule is CC(CC1c2sccc2-c2cncn21)C1CCCCC1. The van der Waals surface area contributed by atoms with Gasteiger partial charge in [0.15, 0.2) is 0 Å². The van der Waals surface area contributed by atoms with Gasteiger partial charge in [0, 0.05) is 10.4 Å². The van der Waals surface area contributed by atoms with Gasteiger partial charge in [-0.25, -0.2) is 4.98 Å². The molecule has 2 unspecified atom stereocenters. The molecule has 1 aliphatic heterocycles. The van der Waals surface area contributed by atoms with E-state index in [0.717, 1.165) is 11.8 Å². The number of rotatable bonds is 3. The molecule has 4 rings (SSSR count). The van der Waals surface area contributed by atoms with Crippen LogP contribution in [0.4, 0.5) is 0 Å². The summed E-state index contributed by atoms with van der Waals surface area (Å²) in [6, 6.07) is 2.80. The van der Waals surface area contributed by atoms with Gasteiger partial charge >= 0.3 is 0 Å². The average molecular weight is 286 g/mol. The summed E-state index contributed by atoms with van der Waals surface area (Å²) in [7, 11) is 0. The Hall–Kier alpha value is -1.09. The summed E-state index contributed by atoms with van der Waals surface area (Å²) >= 11 is 1.92. The summed E-state index contributed by atoms with van der Waals surface area (Å²) in [6.45, 7) is 2.47. The summed E-state index contributed by atoms with van der Waals surface area (Å²) in [5.41, 5.74) is 2.75. The number of hydrogen-bond donors (Lipinski definition) is 0. The standard InChI is InChI=1S/C17H22N2S/c1-12(13-5-3-2-4-6-13)9-15-17-14(7-8-20-17)16-10-18-11-19(15)16/h7-8,10-13,15H,2-6,9H2,1H3. The second kappa shape index (κ2) is 5.03. The maximum atomic E-state index is 4.36. The Kier molecular flexibility index (Phi) is 3.18. The molecule has 2 aliphatic rings. The van der Waals surface area contributed by atoms with E-state index in [1.807, 2.05) is 23.9 Å². The maximum Gasteiger partial charge on any atom is 0.0957 e. The normalized spacial score (nSPS) is 23.6. The molecule has 2 aromatic heterocycles. The van der Waals surface area contributed by atoms with Crippen molar-refractivity contribution in [3.63, 3.8) is 0 Å². The number of nitrogens with zero attached hydrogens (tertiary/aromatic N) is 2. The molecular weight excluding hydrogens is 264 g/mol. The molecule has 0 aromatic carbocycles. The summed E-state index contributed by atoms with van der Waals surface area (Å²) in [5.74, 6) is 1.77. The third-order valence-electron chi connectivity index (χ3n) is 5.33. The lowest BCUT2D eigenvalue weighted by atomic mass is 9.78. The zero-order valence-corrected chi connectivity index (χ0v) is 12.9. The van der Waals surface area contributed by atoms with Gasteiger partial charge in [-0.05, 0) is 29.7 Å². The van der Waals surface area contributed by atoms with Crippen LogP contribution in [0.2, 0.25) is 0 Å².